The summed E-state index contributed by atoms with van der Waals surface area (Å²) in [6, 6.07) is 6.25. The van der Waals surface area contributed by atoms with E-state index >= 15 is 0 Å². The highest BCUT2D eigenvalue weighted by Crippen LogP contribution is 2.15. The molecule has 0 atom stereocenters. The second kappa shape index (κ2) is 3.30. The van der Waals surface area contributed by atoms with Gasteiger partial charge in [0.05, 0.1) is 5.56 Å². The van der Waals surface area contributed by atoms with E-state index in [9.17, 15) is 9.00 Å². The van der Waals surface area contributed by atoms with Crippen LogP contribution >= 0.6 is 0 Å². The van der Waals surface area contributed by atoms with Gasteiger partial charge in [-0.3, -0.25) is 4.21 Å². The number of benzene rings is 1. The highest BCUT2D eigenvalue weighted by Gasteiger charge is 2.08. The Labute approximate surface area is 77.8 Å². The first-order chi connectivity index (χ1) is 5.91. The lowest BCUT2D eigenvalue weighted by Crippen LogP contribution is -2.07. The molecule has 3 nitrogen and oxygen atoms in total. The van der Waals surface area contributed by atoms with Crippen molar-refractivity contribution in [3.8, 4) is 0 Å². The van der Waals surface area contributed by atoms with Crippen molar-refractivity contribution in [2.75, 3.05) is 12.5 Å². The molecule has 72 valence electrons. The summed E-state index contributed by atoms with van der Waals surface area (Å²) in [6.07, 6.45) is 3.24. The number of aromatic carboxylic acids is 1. The average molecular weight is 200 g/mol. The van der Waals surface area contributed by atoms with Crippen LogP contribution in [-0.4, -0.2) is 27.8 Å². The van der Waals surface area contributed by atoms with Crippen LogP contribution in [0.2, 0.25) is 0 Å². The molecule has 1 aromatic rings. The molecule has 0 spiro atoms. The second-order valence-electron chi connectivity index (χ2n) is 3.21. The van der Waals surface area contributed by atoms with Gasteiger partial charge in [0, 0.05) is 4.90 Å². The number of carboxylic acid groups (broad SMARTS) is 1. The number of carboxylic acids is 1. The van der Waals surface area contributed by atoms with Gasteiger partial charge in [-0.15, -0.1) is 0 Å². The molecule has 0 radical (unpaired) electrons. The summed E-state index contributed by atoms with van der Waals surface area (Å²) in [5.74, 6) is -0.990. The number of hydrogen-bond acceptors (Lipinski definition) is 2. The smallest absolute Gasteiger partial charge is 0.335 e. The van der Waals surface area contributed by atoms with Gasteiger partial charge in [-0.05, 0) is 30.7 Å². The van der Waals surface area contributed by atoms with Crippen LogP contribution in [0.5, 0.6) is 0 Å². The van der Waals surface area contributed by atoms with Crippen LogP contribution in [0.15, 0.2) is 29.2 Å². The minimum Gasteiger partial charge on any atom is -0.478 e. The summed E-state index contributed by atoms with van der Waals surface area (Å²) < 4.78 is 11.6. The van der Waals surface area contributed by atoms with E-state index in [2.05, 4.69) is 0 Å². The molecule has 4 heteroatoms. The van der Waals surface area contributed by atoms with Crippen molar-refractivity contribution in [1.29, 1.82) is 0 Å². The van der Waals surface area contributed by atoms with Gasteiger partial charge in [0.25, 0.3) is 0 Å². The topological polar surface area (TPSA) is 54.4 Å². The number of rotatable bonds is 2. The minimum absolute atomic E-state index is 0.182. The van der Waals surface area contributed by atoms with Crippen molar-refractivity contribution < 1.29 is 14.1 Å². The summed E-state index contributed by atoms with van der Waals surface area (Å²) in [7, 11) is -2.35. The Kier molecular flexibility index (Phi) is 2.52. The third-order valence-electron chi connectivity index (χ3n) is 1.71. The van der Waals surface area contributed by atoms with Gasteiger partial charge in [0.2, 0.25) is 0 Å². The summed E-state index contributed by atoms with van der Waals surface area (Å²) in [4.78, 5) is 11.2. The van der Waals surface area contributed by atoms with Crippen LogP contribution < -0.4 is 0 Å². The third kappa shape index (κ3) is 2.39. The lowest BCUT2D eigenvalue weighted by atomic mass is 10.2. The van der Waals surface area contributed by atoms with Crippen molar-refractivity contribution in [2.24, 2.45) is 0 Å². The molecule has 0 aliphatic rings. The maximum atomic E-state index is 11.6. The Morgan fingerprint density at radius 1 is 1.38 bits per heavy atom. The summed E-state index contributed by atoms with van der Waals surface area (Å²) >= 11 is 0. The standard InChI is InChI=1S/C9H12O3S/c1-13(2,12)8-5-3-4-7(6-8)9(10)11/h3-6,13H,1-2H3,(H,10,11). The molecule has 0 amide bonds. The fourth-order valence-electron chi connectivity index (χ4n) is 0.974. The van der Waals surface area contributed by atoms with Crippen molar-refractivity contribution in [1.82, 2.24) is 0 Å². The third-order valence-corrected chi connectivity index (χ3v) is 3.24. The van der Waals surface area contributed by atoms with Crippen LogP contribution in [-0.2, 0) is 9.93 Å². The van der Waals surface area contributed by atoms with E-state index in [0.717, 1.165) is 0 Å². The second-order valence-corrected chi connectivity index (χ2v) is 6.42. The van der Waals surface area contributed by atoms with E-state index in [-0.39, 0.29) is 5.56 Å². The Bertz CT molecular complexity index is 378. The van der Waals surface area contributed by atoms with Gasteiger partial charge in [-0.1, -0.05) is 16.0 Å². The van der Waals surface area contributed by atoms with Gasteiger partial charge in [-0.2, -0.15) is 0 Å². The van der Waals surface area contributed by atoms with Crippen LogP contribution in [0.25, 0.3) is 0 Å². The molecule has 1 aromatic carbocycles. The molecule has 0 aliphatic carbocycles. The summed E-state index contributed by atoms with van der Waals surface area (Å²) in [6.45, 7) is 0. The molecule has 1 N–H and O–H groups in total. The average Bonchev–Trinajstić information content (AvgIpc) is 2.03. The van der Waals surface area contributed by atoms with Crippen molar-refractivity contribution in [2.45, 2.75) is 4.90 Å². The van der Waals surface area contributed by atoms with E-state index < -0.39 is 15.9 Å². The quantitative estimate of drug-likeness (QED) is 0.701. The van der Waals surface area contributed by atoms with Gasteiger partial charge in [0.15, 0.2) is 0 Å². The lowest BCUT2D eigenvalue weighted by Gasteiger charge is -2.12. The van der Waals surface area contributed by atoms with Crippen LogP contribution in [0, 0.1) is 0 Å². The number of thiol groups is 1. The molecule has 0 saturated carbocycles. The van der Waals surface area contributed by atoms with Gasteiger partial charge >= 0.3 is 5.97 Å². The first-order valence-corrected chi connectivity index (χ1v) is 6.40. The molecule has 0 saturated heterocycles. The van der Waals surface area contributed by atoms with Crippen molar-refractivity contribution >= 4 is 15.9 Å². The Morgan fingerprint density at radius 3 is 2.46 bits per heavy atom. The molecule has 0 bridgehead atoms. The zero-order chi connectivity index (χ0) is 10.1. The molecule has 0 unspecified atom stereocenters. The predicted molar refractivity (Wildman–Crippen MR) is 53.1 cm³/mol. The molecule has 1 rings (SSSR count). The predicted octanol–water partition coefficient (Wildman–Crippen LogP) is 1.02. The van der Waals surface area contributed by atoms with E-state index in [1.807, 2.05) is 0 Å². The molecule has 0 aliphatic heterocycles. The lowest BCUT2D eigenvalue weighted by molar-refractivity contribution is 0.0696. The largest absolute Gasteiger partial charge is 0.478 e. The fraction of sp³-hybridized carbons (Fsp3) is 0.222. The van der Waals surface area contributed by atoms with Gasteiger partial charge < -0.3 is 5.11 Å². The zero-order valence-electron chi connectivity index (χ0n) is 7.52. The molecule has 0 aromatic heterocycles. The van der Waals surface area contributed by atoms with Crippen molar-refractivity contribution in [3.05, 3.63) is 29.8 Å². The highest BCUT2D eigenvalue weighted by molar-refractivity contribution is 8.01. The van der Waals surface area contributed by atoms with E-state index in [1.165, 1.54) is 12.1 Å². The first kappa shape index (κ1) is 9.92. The van der Waals surface area contributed by atoms with Crippen LogP contribution in [0.4, 0.5) is 0 Å². The molecule has 0 fully saturated rings. The summed E-state index contributed by atoms with van der Waals surface area (Å²) in [5, 5.41) is 8.69. The zero-order valence-corrected chi connectivity index (χ0v) is 8.41. The van der Waals surface area contributed by atoms with E-state index in [1.54, 1.807) is 24.6 Å². The monoisotopic (exact) mass is 200 g/mol. The van der Waals surface area contributed by atoms with Crippen LogP contribution in [0.3, 0.4) is 0 Å². The highest BCUT2D eigenvalue weighted by atomic mass is 32.2. The normalized spacial score (nSPS) is 12.5. The maximum absolute atomic E-state index is 11.6. The van der Waals surface area contributed by atoms with E-state index in [0.29, 0.717) is 4.90 Å². The Hall–Kier alpha value is -1.16. The molecule has 0 heterocycles. The fourth-order valence-corrected chi connectivity index (χ4v) is 1.87. The summed E-state index contributed by atoms with van der Waals surface area (Å²) in [5.41, 5.74) is 0.182. The maximum Gasteiger partial charge on any atom is 0.335 e. The first-order valence-electron chi connectivity index (χ1n) is 3.80. The Balaban J connectivity index is 3.21. The molecule has 13 heavy (non-hydrogen) atoms. The number of carbonyl (C=O) groups is 1. The van der Waals surface area contributed by atoms with E-state index in [4.69, 9.17) is 5.11 Å². The minimum atomic E-state index is -2.35. The molecular weight excluding hydrogens is 188 g/mol. The van der Waals surface area contributed by atoms with Crippen LogP contribution in [0.1, 0.15) is 10.4 Å². The van der Waals surface area contributed by atoms with Gasteiger partial charge in [-0.25, -0.2) is 4.79 Å². The SMILES string of the molecule is C[SH](C)(=O)c1cccc(C(=O)O)c1. The Morgan fingerprint density at radius 2 is 2.00 bits per heavy atom. The van der Waals surface area contributed by atoms with Crippen molar-refractivity contribution in [3.63, 3.8) is 0 Å². The van der Waals surface area contributed by atoms with Gasteiger partial charge in [0.1, 0.15) is 0 Å². The number of hydrogen-bond donors (Lipinski definition) is 2. The molecular formula is C9H12O3S.